The molecule has 0 unspecified atom stereocenters. The number of carbonyl (C=O) groups excluding carboxylic acids is 1. The van der Waals surface area contributed by atoms with E-state index >= 15 is 0 Å². The van der Waals surface area contributed by atoms with Gasteiger partial charge in [-0.3, -0.25) is 14.6 Å². The Morgan fingerprint density at radius 3 is 2.81 bits per heavy atom. The maximum absolute atomic E-state index is 13.2. The second-order valence-electron chi connectivity index (χ2n) is 7.24. The highest BCUT2D eigenvalue weighted by Crippen LogP contribution is 2.32. The van der Waals surface area contributed by atoms with Gasteiger partial charge in [-0.05, 0) is 30.3 Å². The molecule has 8 heteroatoms. The highest BCUT2D eigenvalue weighted by atomic mass is 32.2. The van der Waals surface area contributed by atoms with Gasteiger partial charge in [0, 0.05) is 43.2 Å². The van der Waals surface area contributed by atoms with Crippen molar-refractivity contribution in [3.63, 3.8) is 0 Å². The van der Waals surface area contributed by atoms with Crippen LogP contribution in [0.5, 0.6) is 5.75 Å². The summed E-state index contributed by atoms with van der Waals surface area (Å²) in [4.78, 5) is 23.4. The van der Waals surface area contributed by atoms with E-state index in [4.69, 9.17) is 14.5 Å². The van der Waals surface area contributed by atoms with E-state index in [0.717, 1.165) is 59.7 Å². The van der Waals surface area contributed by atoms with Crippen molar-refractivity contribution in [3.05, 3.63) is 48.5 Å². The molecular formula is C23H27N3O3S2. The molecule has 31 heavy (non-hydrogen) atoms. The second kappa shape index (κ2) is 10.9. The zero-order valence-corrected chi connectivity index (χ0v) is 19.3. The Labute approximate surface area is 191 Å². The first kappa shape index (κ1) is 22.1. The number of amides is 1. The van der Waals surface area contributed by atoms with E-state index in [1.807, 2.05) is 41.3 Å². The van der Waals surface area contributed by atoms with Crippen LogP contribution in [0.1, 0.15) is 6.42 Å². The van der Waals surface area contributed by atoms with Gasteiger partial charge in [-0.15, -0.1) is 11.8 Å². The fourth-order valence-electron chi connectivity index (χ4n) is 3.44. The molecule has 2 aromatic carbocycles. The summed E-state index contributed by atoms with van der Waals surface area (Å²) in [5, 5.41) is 0.756. The van der Waals surface area contributed by atoms with E-state index in [-0.39, 0.29) is 5.91 Å². The minimum Gasteiger partial charge on any atom is -0.497 e. The highest BCUT2D eigenvalue weighted by Gasteiger charge is 2.21. The lowest BCUT2D eigenvalue weighted by Crippen LogP contribution is -2.43. The summed E-state index contributed by atoms with van der Waals surface area (Å²) in [7, 11) is 1.66. The van der Waals surface area contributed by atoms with Gasteiger partial charge in [0.2, 0.25) is 5.91 Å². The minimum atomic E-state index is 0.114. The monoisotopic (exact) mass is 457 g/mol. The normalized spacial score (nSPS) is 14.6. The van der Waals surface area contributed by atoms with E-state index in [2.05, 4.69) is 17.0 Å². The number of morpholine rings is 1. The Morgan fingerprint density at radius 2 is 2.03 bits per heavy atom. The number of thiazole rings is 1. The largest absolute Gasteiger partial charge is 0.497 e. The van der Waals surface area contributed by atoms with Crippen molar-refractivity contribution < 1.29 is 14.3 Å². The summed E-state index contributed by atoms with van der Waals surface area (Å²) >= 11 is 3.25. The van der Waals surface area contributed by atoms with Gasteiger partial charge in [-0.2, -0.15) is 0 Å². The summed E-state index contributed by atoms with van der Waals surface area (Å²) in [6.07, 6.45) is 0.474. The molecule has 1 amide bonds. The lowest BCUT2D eigenvalue weighted by Gasteiger charge is -2.29. The maximum atomic E-state index is 13.2. The van der Waals surface area contributed by atoms with Gasteiger partial charge in [-0.1, -0.05) is 29.5 Å². The Balaban J connectivity index is 1.46. The van der Waals surface area contributed by atoms with Crippen LogP contribution in [-0.4, -0.2) is 68.0 Å². The van der Waals surface area contributed by atoms with Gasteiger partial charge in [0.1, 0.15) is 5.75 Å². The Hall–Kier alpha value is -2.13. The quantitative estimate of drug-likeness (QED) is 0.450. The molecule has 1 aliphatic rings. The van der Waals surface area contributed by atoms with Crippen LogP contribution in [0.25, 0.3) is 10.2 Å². The number of anilines is 1. The molecule has 3 aromatic rings. The predicted octanol–water partition coefficient (Wildman–Crippen LogP) is 4.15. The zero-order valence-electron chi connectivity index (χ0n) is 17.7. The van der Waals surface area contributed by atoms with Crippen LogP contribution >= 0.6 is 23.1 Å². The first-order valence-electron chi connectivity index (χ1n) is 10.5. The number of benzene rings is 2. The third kappa shape index (κ3) is 5.98. The van der Waals surface area contributed by atoms with Crippen molar-refractivity contribution in [2.45, 2.75) is 11.3 Å². The van der Waals surface area contributed by atoms with Crippen LogP contribution in [0.3, 0.4) is 0 Å². The van der Waals surface area contributed by atoms with Gasteiger partial charge >= 0.3 is 0 Å². The minimum absolute atomic E-state index is 0.114. The number of methoxy groups -OCH3 is 1. The van der Waals surface area contributed by atoms with Crippen molar-refractivity contribution >= 4 is 44.4 Å². The Bertz CT molecular complexity index is 990. The molecule has 1 fully saturated rings. The van der Waals surface area contributed by atoms with Gasteiger partial charge in [0.25, 0.3) is 0 Å². The number of hydrogen-bond donors (Lipinski definition) is 0. The number of nitrogens with zero attached hydrogens (tertiary/aromatic N) is 3. The maximum Gasteiger partial charge on any atom is 0.229 e. The average molecular weight is 458 g/mol. The average Bonchev–Trinajstić information content (AvgIpc) is 3.23. The van der Waals surface area contributed by atoms with E-state index in [9.17, 15) is 4.79 Å². The predicted molar refractivity (Wildman–Crippen MR) is 128 cm³/mol. The van der Waals surface area contributed by atoms with Crippen LogP contribution in [-0.2, 0) is 9.53 Å². The fraction of sp³-hybridized carbons (Fsp3) is 0.391. The smallest absolute Gasteiger partial charge is 0.229 e. The lowest BCUT2D eigenvalue weighted by molar-refractivity contribution is -0.118. The topological polar surface area (TPSA) is 54.9 Å². The molecule has 2 heterocycles. The van der Waals surface area contributed by atoms with Gasteiger partial charge in [0.05, 0.1) is 30.5 Å². The standard InChI is InChI=1S/C23H27N3O3S2/c1-28-18-7-8-20-21(17-18)31-23(24-20)26(11-10-25-12-14-29-15-13-25)22(27)9-16-30-19-5-3-2-4-6-19/h2-8,17H,9-16H2,1H3. The molecule has 0 bridgehead atoms. The van der Waals surface area contributed by atoms with Gasteiger partial charge in [-0.25, -0.2) is 4.98 Å². The van der Waals surface area contributed by atoms with Crippen molar-refractivity contribution in [3.8, 4) is 5.75 Å². The molecule has 0 aliphatic carbocycles. The Morgan fingerprint density at radius 1 is 1.23 bits per heavy atom. The summed E-state index contributed by atoms with van der Waals surface area (Å²) in [5.41, 5.74) is 0.892. The van der Waals surface area contributed by atoms with Crippen LogP contribution in [0, 0.1) is 0 Å². The third-order valence-electron chi connectivity index (χ3n) is 5.19. The second-order valence-corrected chi connectivity index (χ2v) is 9.42. The third-order valence-corrected chi connectivity index (χ3v) is 7.24. The van der Waals surface area contributed by atoms with E-state index in [1.54, 1.807) is 30.2 Å². The van der Waals surface area contributed by atoms with E-state index in [1.165, 1.54) is 4.90 Å². The molecule has 1 aromatic heterocycles. The van der Waals surface area contributed by atoms with Gasteiger partial charge in [0.15, 0.2) is 5.13 Å². The number of carbonyl (C=O) groups is 1. The van der Waals surface area contributed by atoms with Crippen molar-refractivity contribution in [1.82, 2.24) is 9.88 Å². The zero-order chi connectivity index (χ0) is 21.5. The molecule has 164 valence electrons. The van der Waals surface area contributed by atoms with Crippen LogP contribution in [0.2, 0.25) is 0 Å². The Kier molecular flexibility index (Phi) is 7.80. The lowest BCUT2D eigenvalue weighted by atomic mass is 10.3. The molecule has 1 saturated heterocycles. The fourth-order valence-corrected chi connectivity index (χ4v) is 5.34. The molecule has 0 saturated carbocycles. The number of ether oxygens (including phenoxy) is 2. The number of rotatable bonds is 9. The molecule has 6 nitrogen and oxygen atoms in total. The number of fused-ring (bicyclic) bond motifs is 1. The number of thioether (sulfide) groups is 1. The summed E-state index contributed by atoms with van der Waals surface area (Å²) in [5.74, 6) is 1.66. The summed E-state index contributed by atoms with van der Waals surface area (Å²) in [6.45, 7) is 4.77. The molecule has 0 radical (unpaired) electrons. The highest BCUT2D eigenvalue weighted by molar-refractivity contribution is 7.99. The first-order chi connectivity index (χ1) is 15.2. The van der Waals surface area contributed by atoms with Crippen molar-refractivity contribution in [2.24, 2.45) is 0 Å². The van der Waals surface area contributed by atoms with E-state index < -0.39 is 0 Å². The van der Waals surface area contributed by atoms with E-state index in [0.29, 0.717) is 13.0 Å². The molecule has 0 N–H and O–H groups in total. The SMILES string of the molecule is COc1ccc2nc(N(CCN3CCOCC3)C(=O)CCSc3ccccc3)sc2c1. The molecule has 0 atom stereocenters. The van der Waals surface area contributed by atoms with Crippen LogP contribution in [0.4, 0.5) is 5.13 Å². The number of hydrogen-bond acceptors (Lipinski definition) is 7. The number of aromatic nitrogens is 1. The molecule has 1 aliphatic heterocycles. The van der Waals surface area contributed by atoms with Crippen LogP contribution < -0.4 is 9.64 Å². The van der Waals surface area contributed by atoms with Crippen molar-refractivity contribution in [2.75, 3.05) is 57.2 Å². The molecule has 0 spiro atoms. The van der Waals surface area contributed by atoms with Gasteiger partial charge < -0.3 is 9.47 Å². The van der Waals surface area contributed by atoms with Crippen LogP contribution in [0.15, 0.2) is 53.4 Å². The molecule has 4 rings (SSSR count). The van der Waals surface area contributed by atoms with Crippen molar-refractivity contribution in [1.29, 1.82) is 0 Å². The molecular weight excluding hydrogens is 430 g/mol. The summed E-state index contributed by atoms with van der Waals surface area (Å²) < 4.78 is 11.8. The first-order valence-corrected chi connectivity index (χ1v) is 12.3. The summed E-state index contributed by atoms with van der Waals surface area (Å²) in [6, 6.07) is 16.0.